The SMILES string of the molecule is COC(=O)c1cc(N)cnc1Nc1cc(F)c(F)cc1F. The van der Waals surface area contributed by atoms with Gasteiger partial charge in [-0.25, -0.2) is 22.9 Å². The number of nitrogens with one attached hydrogen (secondary N) is 1. The monoisotopic (exact) mass is 297 g/mol. The number of nitrogens with two attached hydrogens (primary N) is 1. The van der Waals surface area contributed by atoms with Gasteiger partial charge in [0.25, 0.3) is 0 Å². The van der Waals surface area contributed by atoms with Crippen molar-refractivity contribution in [3.8, 4) is 0 Å². The van der Waals surface area contributed by atoms with Gasteiger partial charge in [0.05, 0.1) is 24.7 Å². The Morgan fingerprint density at radius 2 is 1.86 bits per heavy atom. The van der Waals surface area contributed by atoms with Crippen molar-refractivity contribution in [3.63, 3.8) is 0 Å². The van der Waals surface area contributed by atoms with Gasteiger partial charge in [-0.05, 0) is 6.07 Å². The second-order valence-electron chi connectivity index (χ2n) is 4.03. The largest absolute Gasteiger partial charge is 0.465 e. The first-order chi connectivity index (χ1) is 9.92. The molecule has 0 aliphatic rings. The third kappa shape index (κ3) is 3.04. The number of pyridine rings is 1. The Morgan fingerprint density at radius 1 is 1.19 bits per heavy atom. The number of anilines is 3. The molecule has 1 aromatic carbocycles. The van der Waals surface area contributed by atoms with E-state index in [1.54, 1.807) is 0 Å². The molecule has 0 radical (unpaired) electrons. The van der Waals surface area contributed by atoms with Gasteiger partial charge in [0.2, 0.25) is 0 Å². The van der Waals surface area contributed by atoms with Crippen LogP contribution in [0, 0.1) is 17.5 Å². The number of ether oxygens (including phenoxy) is 1. The van der Waals surface area contributed by atoms with E-state index >= 15 is 0 Å². The number of methoxy groups -OCH3 is 1. The predicted molar refractivity (Wildman–Crippen MR) is 69.6 cm³/mol. The molecule has 0 aliphatic heterocycles. The zero-order valence-corrected chi connectivity index (χ0v) is 10.8. The molecule has 0 atom stereocenters. The summed E-state index contributed by atoms with van der Waals surface area (Å²) in [5.74, 6) is -4.46. The Bertz CT molecular complexity index is 707. The minimum Gasteiger partial charge on any atom is -0.465 e. The molecule has 0 bridgehead atoms. The van der Waals surface area contributed by atoms with E-state index in [1.165, 1.54) is 12.3 Å². The normalized spacial score (nSPS) is 10.3. The van der Waals surface area contributed by atoms with Gasteiger partial charge in [-0.3, -0.25) is 0 Å². The van der Waals surface area contributed by atoms with Crippen molar-refractivity contribution in [1.29, 1.82) is 0 Å². The van der Waals surface area contributed by atoms with Crippen molar-refractivity contribution in [1.82, 2.24) is 4.98 Å². The van der Waals surface area contributed by atoms with Gasteiger partial charge < -0.3 is 15.8 Å². The quantitative estimate of drug-likeness (QED) is 0.672. The molecule has 21 heavy (non-hydrogen) atoms. The van der Waals surface area contributed by atoms with Gasteiger partial charge >= 0.3 is 5.97 Å². The number of rotatable bonds is 3. The van der Waals surface area contributed by atoms with Crippen LogP contribution in [-0.2, 0) is 4.74 Å². The lowest BCUT2D eigenvalue weighted by Crippen LogP contribution is -2.09. The van der Waals surface area contributed by atoms with E-state index < -0.39 is 23.4 Å². The highest BCUT2D eigenvalue weighted by molar-refractivity contribution is 5.96. The number of nitrogens with zero attached hydrogens (tertiary/aromatic N) is 1. The van der Waals surface area contributed by atoms with Crippen LogP contribution in [0.4, 0.5) is 30.4 Å². The van der Waals surface area contributed by atoms with E-state index in [0.717, 1.165) is 7.11 Å². The molecule has 5 nitrogen and oxygen atoms in total. The lowest BCUT2D eigenvalue weighted by molar-refractivity contribution is 0.0601. The van der Waals surface area contributed by atoms with E-state index in [4.69, 9.17) is 5.73 Å². The van der Waals surface area contributed by atoms with Crippen LogP contribution in [0.1, 0.15) is 10.4 Å². The van der Waals surface area contributed by atoms with Crippen LogP contribution in [0.15, 0.2) is 24.4 Å². The van der Waals surface area contributed by atoms with Gasteiger partial charge in [0, 0.05) is 12.1 Å². The highest BCUT2D eigenvalue weighted by atomic mass is 19.2. The van der Waals surface area contributed by atoms with Crippen LogP contribution >= 0.6 is 0 Å². The molecule has 0 saturated heterocycles. The lowest BCUT2D eigenvalue weighted by Gasteiger charge is -2.11. The maximum atomic E-state index is 13.6. The van der Waals surface area contributed by atoms with E-state index in [-0.39, 0.29) is 22.8 Å². The highest BCUT2D eigenvalue weighted by Gasteiger charge is 2.17. The summed E-state index contributed by atoms with van der Waals surface area (Å²) >= 11 is 0. The van der Waals surface area contributed by atoms with Crippen molar-refractivity contribution in [3.05, 3.63) is 47.4 Å². The summed E-state index contributed by atoms with van der Waals surface area (Å²) in [5, 5.41) is 2.40. The number of halogens is 3. The average Bonchev–Trinajstić information content (AvgIpc) is 2.45. The number of esters is 1. The maximum Gasteiger partial charge on any atom is 0.341 e. The van der Waals surface area contributed by atoms with Crippen LogP contribution in [0.5, 0.6) is 0 Å². The van der Waals surface area contributed by atoms with E-state index in [9.17, 15) is 18.0 Å². The number of carbonyl (C=O) groups excluding carboxylic acids is 1. The molecule has 0 spiro atoms. The molecule has 0 saturated carbocycles. The molecule has 8 heteroatoms. The first-order valence-corrected chi connectivity index (χ1v) is 5.67. The van der Waals surface area contributed by atoms with Gasteiger partial charge in [-0.1, -0.05) is 0 Å². The van der Waals surface area contributed by atoms with Gasteiger partial charge in [-0.15, -0.1) is 0 Å². The topological polar surface area (TPSA) is 77.2 Å². The molecule has 1 heterocycles. The Balaban J connectivity index is 2.44. The van der Waals surface area contributed by atoms with Crippen molar-refractivity contribution < 1.29 is 22.7 Å². The Labute approximate surface area is 117 Å². The summed E-state index contributed by atoms with van der Waals surface area (Å²) in [6.45, 7) is 0. The fraction of sp³-hybridized carbons (Fsp3) is 0.0769. The van der Waals surface area contributed by atoms with Crippen LogP contribution in [0.2, 0.25) is 0 Å². The van der Waals surface area contributed by atoms with E-state index in [0.29, 0.717) is 12.1 Å². The van der Waals surface area contributed by atoms with Crippen molar-refractivity contribution in [2.24, 2.45) is 0 Å². The highest BCUT2D eigenvalue weighted by Crippen LogP contribution is 2.25. The third-order valence-electron chi connectivity index (χ3n) is 2.58. The summed E-state index contributed by atoms with van der Waals surface area (Å²) in [5.41, 5.74) is 5.25. The maximum absolute atomic E-state index is 13.6. The Morgan fingerprint density at radius 3 is 2.52 bits per heavy atom. The standard InChI is InChI=1S/C13H10F3N3O2/c1-21-13(20)7-2-6(17)5-18-12(7)19-11-4-9(15)8(14)3-10(11)16/h2-5H,17H2,1H3,(H,18,19). The fourth-order valence-corrected chi connectivity index (χ4v) is 1.59. The Kier molecular flexibility index (Phi) is 3.97. The van der Waals surface area contributed by atoms with Crippen LogP contribution in [-0.4, -0.2) is 18.1 Å². The number of carbonyl (C=O) groups is 1. The van der Waals surface area contributed by atoms with E-state index in [2.05, 4.69) is 15.0 Å². The third-order valence-corrected chi connectivity index (χ3v) is 2.58. The molecule has 0 fully saturated rings. The smallest absolute Gasteiger partial charge is 0.341 e. The molecule has 0 aliphatic carbocycles. The number of nitrogen functional groups attached to an aromatic ring is 1. The lowest BCUT2D eigenvalue weighted by atomic mass is 10.2. The molecular weight excluding hydrogens is 287 g/mol. The summed E-state index contributed by atoms with van der Waals surface area (Å²) in [6.07, 6.45) is 1.21. The number of benzene rings is 1. The van der Waals surface area contributed by atoms with Gasteiger partial charge in [0.1, 0.15) is 17.2 Å². The van der Waals surface area contributed by atoms with Crippen molar-refractivity contribution >= 4 is 23.2 Å². The number of aromatic nitrogens is 1. The number of hydrogen-bond donors (Lipinski definition) is 2. The fourth-order valence-electron chi connectivity index (χ4n) is 1.59. The minimum absolute atomic E-state index is 0.0679. The van der Waals surface area contributed by atoms with Crippen LogP contribution < -0.4 is 11.1 Å². The molecule has 110 valence electrons. The minimum atomic E-state index is -1.32. The second kappa shape index (κ2) is 5.70. The molecule has 0 unspecified atom stereocenters. The van der Waals surface area contributed by atoms with E-state index in [1.807, 2.05) is 0 Å². The molecular formula is C13H10F3N3O2. The summed E-state index contributed by atoms with van der Waals surface area (Å²) in [6, 6.07) is 2.26. The predicted octanol–water partition coefficient (Wildman–Crippen LogP) is 2.61. The van der Waals surface area contributed by atoms with Crippen LogP contribution in [0.3, 0.4) is 0 Å². The molecule has 2 rings (SSSR count). The summed E-state index contributed by atoms with van der Waals surface area (Å²) in [4.78, 5) is 15.4. The zero-order chi connectivity index (χ0) is 15.6. The van der Waals surface area contributed by atoms with Crippen LogP contribution in [0.25, 0.3) is 0 Å². The van der Waals surface area contributed by atoms with Crippen molar-refractivity contribution in [2.75, 3.05) is 18.2 Å². The second-order valence-corrected chi connectivity index (χ2v) is 4.03. The molecule has 1 aromatic heterocycles. The van der Waals surface area contributed by atoms with Gasteiger partial charge in [-0.2, -0.15) is 0 Å². The first-order valence-electron chi connectivity index (χ1n) is 5.67. The molecule has 3 N–H and O–H groups in total. The molecule has 2 aromatic rings. The molecule has 0 amide bonds. The summed E-state index contributed by atoms with van der Waals surface area (Å²) in [7, 11) is 1.15. The average molecular weight is 297 g/mol. The zero-order valence-electron chi connectivity index (χ0n) is 10.8. The Hall–Kier alpha value is -2.77. The first kappa shape index (κ1) is 14.6. The van der Waals surface area contributed by atoms with Crippen molar-refractivity contribution in [2.45, 2.75) is 0 Å². The number of hydrogen-bond acceptors (Lipinski definition) is 5. The summed E-state index contributed by atoms with van der Waals surface area (Å²) < 4.78 is 44.1. The van der Waals surface area contributed by atoms with Gasteiger partial charge in [0.15, 0.2) is 11.6 Å².